The molecule has 2 heterocycles. The van der Waals surface area contributed by atoms with Crippen molar-refractivity contribution in [3.8, 4) is 0 Å². The number of aromatic amines is 1. The Labute approximate surface area is 153 Å². The Morgan fingerprint density at radius 1 is 1.32 bits per heavy atom. The second kappa shape index (κ2) is 7.97. The van der Waals surface area contributed by atoms with Gasteiger partial charge in [-0.2, -0.15) is 0 Å². The number of ketones is 1. The highest BCUT2D eigenvalue weighted by Gasteiger charge is 2.27. The van der Waals surface area contributed by atoms with Crippen molar-refractivity contribution in [2.24, 2.45) is 0 Å². The highest BCUT2D eigenvalue weighted by molar-refractivity contribution is 7.10. The number of H-pyrrole nitrogens is 1. The van der Waals surface area contributed by atoms with Gasteiger partial charge in [-0.05, 0) is 64.2 Å². The first-order valence-corrected chi connectivity index (χ1v) is 9.29. The molecule has 0 bridgehead atoms. The van der Waals surface area contributed by atoms with Crippen LogP contribution in [0.3, 0.4) is 0 Å². The Hall–Kier alpha value is -1.92. The largest absolute Gasteiger partial charge is 0.462 e. The Kier molecular flexibility index (Phi) is 6.19. The summed E-state index contributed by atoms with van der Waals surface area (Å²) < 4.78 is 5.09. The van der Waals surface area contributed by atoms with Crippen LogP contribution < -0.4 is 0 Å². The van der Waals surface area contributed by atoms with Crippen LogP contribution in [0.4, 0.5) is 0 Å². The third-order valence-electron chi connectivity index (χ3n) is 4.57. The first-order chi connectivity index (χ1) is 11.8. The van der Waals surface area contributed by atoms with Gasteiger partial charge in [0.15, 0.2) is 5.78 Å². The van der Waals surface area contributed by atoms with Crippen molar-refractivity contribution in [1.29, 1.82) is 0 Å². The second-order valence-corrected chi connectivity index (χ2v) is 7.33. The van der Waals surface area contributed by atoms with Gasteiger partial charge in [-0.25, -0.2) is 4.79 Å². The van der Waals surface area contributed by atoms with Gasteiger partial charge in [0, 0.05) is 17.1 Å². The van der Waals surface area contributed by atoms with Crippen LogP contribution in [0, 0.1) is 20.8 Å². The fourth-order valence-electron chi connectivity index (χ4n) is 2.84. The molecule has 0 unspecified atom stereocenters. The van der Waals surface area contributed by atoms with Crippen LogP contribution in [0.5, 0.6) is 0 Å². The monoisotopic (exact) mass is 362 g/mol. The fourth-order valence-corrected chi connectivity index (χ4v) is 3.81. The molecule has 6 heteroatoms. The molecule has 0 spiro atoms. The molecule has 2 rings (SSSR count). The van der Waals surface area contributed by atoms with E-state index < -0.39 is 0 Å². The van der Waals surface area contributed by atoms with Gasteiger partial charge < -0.3 is 9.72 Å². The topological polar surface area (TPSA) is 62.4 Å². The molecule has 0 saturated carbocycles. The smallest absolute Gasteiger partial charge is 0.340 e. The van der Waals surface area contributed by atoms with Gasteiger partial charge in [-0.1, -0.05) is 0 Å². The van der Waals surface area contributed by atoms with Gasteiger partial charge in [0.1, 0.15) is 0 Å². The minimum Gasteiger partial charge on any atom is -0.462 e. The summed E-state index contributed by atoms with van der Waals surface area (Å²) in [5, 5.41) is 2.06. The van der Waals surface area contributed by atoms with E-state index in [1.54, 1.807) is 32.1 Å². The second-order valence-electron chi connectivity index (χ2n) is 6.33. The highest BCUT2D eigenvalue weighted by atomic mass is 32.1. The number of nitrogens with one attached hydrogen (secondary N) is 1. The van der Waals surface area contributed by atoms with E-state index in [1.165, 1.54) is 10.4 Å². The molecule has 5 nitrogen and oxygen atoms in total. The van der Waals surface area contributed by atoms with Crippen LogP contribution in [0.25, 0.3) is 0 Å². The minimum absolute atomic E-state index is 0.0205. The number of likely N-dealkylation sites (N-methyl/N-ethyl adjacent to an activating group) is 1. The average molecular weight is 362 g/mol. The van der Waals surface area contributed by atoms with Crippen molar-refractivity contribution in [3.05, 3.63) is 44.4 Å². The lowest BCUT2D eigenvalue weighted by Gasteiger charge is -2.23. The predicted octanol–water partition coefficient (Wildman–Crippen LogP) is 3.88. The van der Waals surface area contributed by atoms with Gasteiger partial charge in [0.05, 0.1) is 23.9 Å². The van der Waals surface area contributed by atoms with Crippen LogP contribution in [-0.2, 0) is 11.3 Å². The molecule has 0 radical (unpaired) electrons. The molecule has 0 aliphatic rings. The lowest BCUT2D eigenvalue weighted by Crippen LogP contribution is -2.36. The van der Waals surface area contributed by atoms with Gasteiger partial charge >= 0.3 is 5.97 Å². The summed E-state index contributed by atoms with van der Waals surface area (Å²) in [6, 6.07) is 1.79. The van der Waals surface area contributed by atoms with Crippen molar-refractivity contribution < 1.29 is 14.3 Å². The molecule has 0 amide bonds. The van der Waals surface area contributed by atoms with Crippen LogP contribution in [0.2, 0.25) is 0 Å². The van der Waals surface area contributed by atoms with E-state index in [0.29, 0.717) is 29.1 Å². The van der Waals surface area contributed by atoms with Gasteiger partial charge in [0.2, 0.25) is 0 Å². The number of aryl methyl sites for hydroxylation is 2. The highest BCUT2D eigenvalue weighted by Crippen LogP contribution is 2.23. The van der Waals surface area contributed by atoms with Gasteiger partial charge in [-0.15, -0.1) is 11.3 Å². The Balaban J connectivity index is 2.20. The van der Waals surface area contributed by atoms with Crippen LogP contribution in [0.15, 0.2) is 11.4 Å². The Morgan fingerprint density at radius 2 is 2.00 bits per heavy atom. The van der Waals surface area contributed by atoms with Crippen LogP contribution >= 0.6 is 11.3 Å². The number of hydrogen-bond acceptors (Lipinski definition) is 5. The predicted molar refractivity (Wildman–Crippen MR) is 101 cm³/mol. The molecule has 1 N–H and O–H groups in total. The van der Waals surface area contributed by atoms with Crippen molar-refractivity contribution in [2.75, 3.05) is 13.7 Å². The van der Waals surface area contributed by atoms with Crippen molar-refractivity contribution >= 4 is 23.1 Å². The van der Waals surface area contributed by atoms with E-state index in [4.69, 9.17) is 4.74 Å². The lowest BCUT2D eigenvalue weighted by molar-refractivity contribution is 0.0525. The third kappa shape index (κ3) is 4.02. The Bertz CT molecular complexity index is 776. The number of esters is 1. The maximum atomic E-state index is 12.9. The molecule has 0 saturated heterocycles. The zero-order valence-corrected chi connectivity index (χ0v) is 16.5. The molecule has 0 aliphatic heterocycles. The number of carbonyl (C=O) groups is 2. The van der Waals surface area contributed by atoms with Crippen LogP contribution in [0.1, 0.15) is 56.4 Å². The maximum Gasteiger partial charge on any atom is 0.340 e. The first kappa shape index (κ1) is 19.4. The summed E-state index contributed by atoms with van der Waals surface area (Å²) in [4.78, 5) is 31.4. The first-order valence-electron chi connectivity index (χ1n) is 8.41. The minimum atomic E-state index is -0.386. The molecule has 136 valence electrons. The maximum absolute atomic E-state index is 12.9. The van der Waals surface area contributed by atoms with Gasteiger partial charge in [-0.3, -0.25) is 9.69 Å². The number of hydrogen-bond donors (Lipinski definition) is 1. The van der Waals surface area contributed by atoms with E-state index in [2.05, 4.69) is 23.4 Å². The quantitative estimate of drug-likeness (QED) is 0.600. The zero-order valence-electron chi connectivity index (χ0n) is 15.7. The van der Waals surface area contributed by atoms with Crippen molar-refractivity contribution in [2.45, 2.75) is 47.2 Å². The number of ether oxygens (including phenoxy) is 1. The summed E-state index contributed by atoms with van der Waals surface area (Å²) in [7, 11) is 1.94. The normalized spacial score (nSPS) is 12.4. The number of rotatable bonds is 7. The number of Topliss-reactive ketones (excluding diaryl/α,β-unsaturated/α-hetero) is 1. The molecular weight excluding hydrogens is 336 g/mol. The molecule has 1 atom stereocenters. The summed E-state index contributed by atoms with van der Waals surface area (Å²) >= 11 is 1.70. The van der Waals surface area contributed by atoms with E-state index in [0.717, 1.165) is 6.54 Å². The number of aromatic nitrogens is 1. The number of thiophene rings is 1. The van der Waals surface area contributed by atoms with Crippen LogP contribution in [-0.4, -0.2) is 41.3 Å². The molecule has 0 fully saturated rings. The summed E-state index contributed by atoms with van der Waals surface area (Å²) in [6.07, 6.45) is 0. The van der Waals surface area contributed by atoms with Gasteiger partial charge in [0.25, 0.3) is 0 Å². The van der Waals surface area contributed by atoms with E-state index >= 15 is 0 Å². The summed E-state index contributed by atoms with van der Waals surface area (Å²) in [5.41, 5.74) is 3.53. The molecule has 0 aliphatic carbocycles. The Morgan fingerprint density at radius 3 is 2.56 bits per heavy atom. The standard InChI is InChI=1S/C19H26N2O3S/c1-7-24-19(23)16-12(3)17(20-13(16)4)18(22)14(5)21(6)10-15-11(2)8-9-25-15/h8-9,14,20H,7,10H2,1-6H3/t14-/m0/s1. The number of nitrogens with zero attached hydrogens (tertiary/aromatic N) is 1. The third-order valence-corrected chi connectivity index (χ3v) is 5.57. The SMILES string of the molecule is CCOC(=O)c1c(C)[nH]c(C(=O)[C@H](C)N(C)Cc2sccc2C)c1C. The van der Waals surface area contributed by atoms with E-state index in [-0.39, 0.29) is 17.8 Å². The summed E-state index contributed by atoms with van der Waals surface area (Å²) in [6.45, 7) is 10.4. The van der Waals surface area contributed by atoms with E-state index in [9.17, 15) is 9.59 Å². The molecule has 0 aromatic carbocycles. The fraction of sp³-hybridized carbons (Fsp3) is 0.474. The molecular formula is C19H26N2O3S. The van der Waals surface area contributed by atoms with Crippen molar-refractivity contribution in [3.63, 3.8) is 0 Å². The molecule has 2 aromatic rings. The van der Waals surface area contributed by atoms with Crippen molar-refractivity contribution in [1.82, 2.24) is 9.88 Å². The molecule has 2 aromatic heterocycles. The average Bonchev–Trinajstić information content (AvgIpc) is 3.09. The van der Waals surface area contributed by atoms with E-state index in [1.807, 2.05) is 18.9 Å². The molecule has 25 heavy (non-hydrogen) atoms. The lowest BCUT2D eigenvalue weighted by atomic mass is 10.0. The zero-order chi connectivity index (χ0) is 18.7. The summed E-state index contributed by atoms with van der Waals surface area (Å²) in [5.74, 6) is -0.407. The number of carbonyl (C=O) groups excluding carboxylic acids is 2.